The molecule has 0 saturated carbocycles. The molecule has 0 aliphatic heterocycles. The summed E-state index contributed by atoms with van der Waals surface area (Å²) in [5, 5.41) is 8.58. The van der Waals surface area contributed by atoms with Crippen molar-refractivity contribution in [3.8, 4) is 5.75 Å². The highest BCUT2D eigenvalue weighted by Crippen LogP contribution is 2.09. The fourth-order valence-corrected chi connectivity index (χ4v) is 1.11. The van der Waals surface area contributed by atoms with Gasteiger partial charge in [-0.1, -0.05) is 18.2 Å². The Bertz CT molecular complexity index is 297. The maximum atomic E-state index is 10.4. The summed E-state index contributed by atoms with van der Waals surface area (Å²) >= 11 is 0. The standard InChI is InChI=1S/C11H14O4/c1-14-10(7-11(12)13)8-15-9-5-3-2-4-6-9/h2-6,10H,7-8H2,1H3,(H,12,13). The van der Waals surface area contributed by atoms with Crippen molar-refractivity contribution in [2.45, 2.75) is 12.5 Å². The van der Waals surface area contributed by atoms with Crippen LogP contribution in [0.25, 0.3) is 0 Å². The van der Waals surface area contributed by atoms with Crippen LogP contribution in [0, 0.1) is 0 Å². The number of ether oxygens (including phenoxy) is 2. The van der Waals surface area contributed by atoms with Gasteiger partial charge in [0.1, 0.15) is 18.5 Å². The van der Waals surface area contributed by atoms with Crippen LogP contribution in [0.2, 0.25) is 0 Å². The van der Waals surface area contributed by atoms with Gasteiger partial charge >= 0.3 is 5.97 Å². The second kappa shape index (κ2) is 6.03. The molecule has 4 nitrogen and oxygen atoms in total. The quantitative estimate of drug-likeness (QED) is 0.774. The molecule has 1 aromatic rings. The highest BCUT2D eigenvalue weighted by molar-refractivity contribution is 5.67. The lowest BCUT2D eigenvalue weighted by atomic mass is 10.2. The van der Waals surface area contributed by atoms with E-state index in [9.17, 15) is 4.79 Å². The van der Waals surface area contributed by atoms with Crippen molar-refractivity contribution in [1.29, 1.82) is 0 Å². The largest absolute Gasteiger partial charge is 0.491 e. The maximum absolute atomic E-state index is 10.4. The van der Waals surface area contributed by atoms with Crippen molar-refractivity contribution in [2.24, 2.45) is 0 Å². The molecule has 1 unspecified atom stereocenters. The van der Waals surface area contributed by atoms with E-state index < -0.39 is 12.1 Å². The van der Waals surface area contributed by atoms with E-state index in [0.29, 0.717) is 5.75 Å². The molecule has 1 rings (SSSR count). The van der Waals surface area contributed by atoms with Crippen molar-refractivity contribution >= 4 is 5.97 Å². The van der Waals surface area contributed by atoms with E-state index in [1.54, 1.807) is 0 Å². The number of carbonyl (C=O) groups is 1. The fourth-order valence-electron chi connectivity index (χ4n) is 1.11. The highest BCUT2D eigenvalue weighted by Gasteiger charge is 2.12. The van der Waals surface area contributed by atoms with Gasteiger partial charge in [0.25, 0.3) is 0 Å². The zero-order chi connectivity index (χ0) is 11.1. The minimum absolute atomic E-state index is 0.0522. The zero-order valence-electron chi connectivity index (χ0n) is 8.55. The Morgan fingerprint density at radius 1 is 1.40 bits per heavy atom. The van der Waals surface area contributed by atoms with Crippen LogP contribution in [-0.2, 0) is 9.53 Å². The van der Waals surface area contributed by atoms with Crippen molar-refractivity contribution in [3.63, 3.8) is 0 Å². The first-order valence-corrected chi connectivity index (χ1v) is 4.65. The number of hydrogen-bond donors (Lipinski definition) is 1. The van der Waals surface area contributed by atoms with Crippen molar-refractivity contribution in [3.05, 3.63) is 30.3 Å². The van der Waals surface area contributed by atoms with Gasteiger partial charge in [0.2, 0.25) is 0 Å². The summed E-state index contributed by atoms with van der Waals surface area (Å²) in [6, 6.07) is 9.22. The molecular formula is C11H14O4. The summed E-state index contributed by atoms with van der Waals surface area (Å²) < 4.78 is 10.3. The highest BCUT2D eigenvalue weighted by atomic mass is 16.5. The summed E-state index contributed by atoms with van der Waals surface area (Å²) in [6.07, 6.45) is -0.466. The van der Waals surface area contributed by atoms with E-state index in [0.717, 1.165) is 0 Å². The summed E-state index contributed by atoms with van der Waals surface area (Å²) in [5.74, 6) is -0.177. The molecule has 0 aliphatic rings. The van der Waals surface area contributed by atoms with Crippen LogP contribution in [0.5, 0.6) is 5.75 Å². The van der Waals surface area contributed by atoms with Gasteiger partial charge in [0, 0.05) is 7.11 Å². The van der Waals surface area contributed by atoms with Gasteiger partial charge < -0.3 is 14.6 Å². The van der Waals surface area contributed by atoms with Crippen LogP contribution >= 0.6 is 0 Å². The molecule has 82 valence electrons. The molecule has 0 radical (unpaired) electrons. The Kier molecular flexibility index (Phi) is 4.63. The second-order valence-electron chi connectivity index (χ2n) is 3.08. The number of carboxylic acids is 1. The van der Waals surface area contributed by atoms with Gasteiger partial charge in [-0.2, -0.15) is 0 Å². The van der Waals surface area contributed by atoms with Crippen LogP contribution < -0.4 is 4.74 Å². The Labute approximate surface area is 88.4 Å². The summed E-state index contributed by atoms with van der Waals surface area (Å²) in [7, 11) is 1.47. The Hall–Kier alpha value is -1.55. The third kappa shape index (κ3) is 4.46. The number of methoxy groups -OCH3 is 1. The number of hydrogen-bond acceptors (Lipinski definition) is 3. The van der Waals surface area contributed by atoms with Crippen molar-refractivity contribution in [2.75, 3.05) is 13.7 Å². The van der Waals surface area contributed by atoms with Crippen molar-refractivity contribution < 1.29 is 19.4 Å². The molecule has 0 bridgehead atoms. The molecular weight excluding hydrogens is 196 g/mol. The van der Waals surface area contributed by atoms with Gasteiger partial charge in [-0.15, -0.1) is 0 Å². The van der Waals surface area contributed by atoms with Crippen LogP contribution in [0.15, 0.2) is 30.3 Å². The van der Waals surface area contributed by atoms with Gasteiger partial charge in [0.15, 0.2) is 0 Å². The van der Waals surface area contributed by atoms with Crippen LogP contribution in [-0.4, -0.2) is 30.9 Å². The second-order valence-corrected chi connectivity index (χ2v) is 3.08. The molecule has 0 aromatic heterocycles. The number of benzene rings is 1. The summed E-state index contributed by atoms with van der Waals surface area (Å²) in [5.41, 5.74) is 0. The van der Waals surface area contributed by atoms with Gasteiger partial charge in [-0.25, -0.2) is 0 Å². The average Bonchev–Trinajstić information content (AvgIpc) is 2.25. The number of aliphatic carboxylic acids is 1. The van der Waals surface area contributed by atoms with Gasteiger partial charge in [0.05, 0.1) is 6.42 Å². The normalized spacial score (nSPS) is 12.1. The SMILES string of the molecule is COC(COc1ccccc1)CC(=O)O. The van der Waals surface area contributed by atoms with Crippen LogP contribution in [0.3, 0.4) is 0 Å². The molecule has 1 atom stereocenters. The third-order valence-corrected chi connectivity index (χ3v) is 1.91. The number of carboxylic acid groups (broad SMARTS) is 1. The van der Waals surface area contributed by atoms with E-state index >= 15 is 0 Å². The lowest BCUT2D eigenvalue weighted by Crippen LogP contribution is -2.23. The van der Waals surface area contributed by atoms with Crippen molar-refractivity contribution in [1.82, 2.24) is 0 Å². The lowest BCUT2D eigenvalue weighted by Gasteiger charge is -2.13. The molecule has 0 fully saturated rings. The zero-order valence-corrected chi connectivity index (χ0v) is 8.55. The molecule has 0 amide bonds. The summed E-state index contributed by atoms with van der Waals surface area (Å²) in [6.45, 7) is 0.243. The first-order chi connectivity index (χ1) is 7.22. The van der Waals surface area contributed by atoms with E-state index in [-0.39, 0.29) is 13.0 Å². The topological polar surface area (TPSA) is 55.8 Å². The minimum atomic E-state index is -0.890. The first-order valence-electron chi connectivity index (χ1n) is 4.65. The van der Waals surface area contributed by atoms with E-state index in [1.807, 2.05) is 30.3 Å². The molecule has 0 saturated heterocycles. The molecule has 15 heavy (non-hydrogen) atoms. The first kappa shape index (κ1) is 11.5. The Balaban J connectivity index is 2.37. The smallest absolute Gasteiger partial charge is 0.306 e. The summed E-state index contributed by atoms with van der Waals surface area (Å²) in [4.78, 5) is 10.4. The lowest BCUT2D eigenvalue weighted by molar-refractivity contribution is -0.140. The van der Waals surface area contributed by atoms with Gasteiger partial charge in [-0.05, 0) is 12.1 Å². The van der Waals surface area contributed by atoms with Crippen LogP contribution in [0.4, 0.5) is 0 Å². The number of rotatable bonds is 6. The van der Waals surface area contributed by atoms with E-state index in [2.05, 4.69) is 0 Å². The molecule has 1 aromatic carbocycles. The number of para-hydroxylation sites is 1. The molecule has 0 heterocycles. The predicted octanol–water partition coefficient (Wildman–Crippen LogP) is 1.56. The van der Waals surface area contributed by atoms with E-state index in [4.69, 9.17) is 14.6 Å². The average molecular weight is 210 g/mol. The third-order valence-electron chi connectivity index (χ3n) is 1.91. The fraction of sp³-hybridized carbons (Fsp3) is 0.364. The Morgan fingerprint density at radius 3 is 2.60 bits per heavy atom. The predicted molar refractivity (Wildman–Crippen MR) is 55.0 cm³/mol. The molecule has 4 heteroatoms. The maximum Gasteiger partial charge on any atom is 0.306 e. The molecule has 0 spiro atoms. The molecule has 1 N–H and O–H groups in total. The van der Waals surface area contributed by atoms with E-state index in [1.165, 1.54) is 7.11 Å². The minimum Gasteiger partial charge on any atom is -0.491 e. The monoisotopic (exact) mass is 210 g/mol. The Morgan fingerprint density at radius 2 is 2.07 bits per heavy atom. The van der Waals surface area contributed by atoms with Crippen LogP contribution in [0.1, 0.15) is 6.42 Å². The molecule has 0 aliphatic carbocycles. The van der Waals surface area contributed by atoms with Gasteiger partial charge in [-0.3, -0.25) is 4.79 Å².